The number of aryl methyl sites for hydroxylation is 1. The Balaban J connectivity index is 2.42. The van der Waals surface area contributed by atoms with Gasteiger partial charge in [-0.1, -0.05) is 23.7 Å². The van der Waals surface area contributed by atoms with Crippen LogP contribution in [0.5, 0.6) is 0 Å². The van der Waals surface area contributed by atoms with Crippen LogP contribution in [0, 0.1) is 12.8 Å². The van der Waals surface area contributed by atoms with Crippen LogP contribution in [-0.4, -0.2) is 5.78 Å². The Bertz CT molecular complexity index is 333. The topological polar surface area (TPSA) is 17.1 Å². The summed E-state index contributed by atoms with van der Waals surface area (Å²) in [4.78, 5) is 11.8. The number of carbonyl (C=O) groups is 1. The highest BCUT2D eigenvalue weighted by Crippen LogP contribution is 2.35. The average Bonchev–Trinajstić information content (AvgIpc) is 2.85. The van der Waals surface area contributed by atoms with Gasteiger partial charge in [0.05, 0.1) is 5.02 Å². The van der Waals surface area contributed by atoms with Crippen LogP contribution in [0.25, 0.3) is 0 Å². The van der Waals surface area contributed by atoms with Gasteiger partial charge in [0.1, 0.15) is 0 Å². The zero-order valence-electron chi connectivity index (χ0n) is 7.51. The first-order chi connectivity index (χ1) is 6.20. The van der Waals surface area contributed by atoms with E-state index in [1.807, 2.05) is 19.1 Å². The van der Waals surface area contributed by atoms with E-state index in [1.165, 1.54) is 0 Å². The van der Waals surface area contributed by atoms with Gasteiger partial charge in [-0.25, -0.2) is 0 Å². The van der Waals surface area contributed by atoms with Gasteiger partial charge in [-0.05, 0) is 31.4 Å². The summed E-state index contributed by atoms with van der Waals surface area (Å²) < 4.78 is 0. The summed E-state index contributed by atoms with van der Waals surface area (Å²) in [6.45, 7) is 1.93. The number of Topliss-reactive ketones (excluding diaryl/α,β-unsaturated/α-hetero) is 1. The minimum Gasteiger partial charge on any atom is -0.294 e. The van der Waals surface area contributed by atoms with Gasteiger partial charge in [0, 0.05) is 11.5 Å². The summed E-state index contributed by atoms with van der Waals surface area (Å²) in [5.41, 5.74) is 1.72. The van der Waals surface area contributed by atoms with Crippen molar-refractivity contribution in [1.82, 2.24) is 0 Å². The molecular weight excluding hydrogens is 184 g/mol. The number of benzene rings is 1. The maximum Gasteiger partial charge on any atom is 0.167 e. The molecule has 13 heavy (non-hydrogen) atoms. The van der Waals surface area contributed by atoms with Crippen molar-refractivity contribution in [3.05, 3.63) is 34.3 Å². The van der Waals surface area contributed by atoms with Crippen LogP contribution in [0.2, 0.25) is 5.02 Å². The molecule has 0 amide bonds. The number of hydrogen-bond acceptors (Lipinski definition) is 1. The number of ketones is 1. The van der Waals surface area contributed by atoms with Crippen molar-refractivity contribution in [3.63, 3.8) is 0 Å². The van der Waals surface area contributed by atoms with Crippen molar-refractivity contribution >= 4 is 17.4 Å². The summed E-state index contributed by atoms with van der Waals surface area (Å²) in [6.07, 6.45) is 2.06. The largest absolute Gasteiger partial charge is 0.294 e. The molecule has 0 aromatic heterocycles. The van der Waals surface area contributed by atoms with Crippen LogP contribution in [0.4, 0.5) is 0 Å². The second-order valence-corrected chi connectivity index (χ2v) is 3.98. The Kier molecular flexibility index (Phi) is 2.12. The summed E-state index contributed by atoms with van der Waals surface area (Å²) in [7, 11) is 0. The van der Waals surface area contributed by atoms with E-state index in [2.05, 4.69) is 0 Å². The van der Waals surface area contributed by atoms with Crippen molar-refractivity contribution in [2.75, 3.05) is 0 Å². The van der Waals surface area contributed by atoms with E-state index in [0.29, 0.717) is 5.02 Å². The Morgan fingerprint density at radius 1 is 1.46 bits per heavy atom. The highest BCUT2D eigenvalue weighted by molar-refractivity contribution is 6.34. The standard InChI is InChI=1S/C11H11ClO/c1-7-3-2-4-9(12)10(7)11(13)8-5-6-8/h2-4,8H,5-6H2,1H3. The maximum atomic E-state index is 11.8. The molecule has 0 saturated heterocycles. The maximum absolute atomic E-state index is 11.8. The first-order valence-electron chi connectivity index (χ1n) is 4.49. The van der Waals surface area contributed by atoms with Gasteiger partial charge in [0.25, 0.3) is 0 Å². The van der Waals surface area contributed by atoms with Crippen LogP contribution in [0.1, 0.15) is 28.8 Å². The van der Waals surface area contributed by atoms with Crippen molar-refractivity contribution in [1.29, 1.82) is 0 Å². The first kappa shape index (κ1) is 8.76. The fourth-order valence-electron chi connectivity index (χ4n) is 1.49. The van der Waals surface area contributed by atoms with E-state index in [-0.39, 0.29) is 11.7 Å². The molecule has 0 aliphatic heterocycles. The summed E-state index contributed by atoms with van der Waals surface area (Å²) >= 11 is 5.98. The van der Waals surface area contributed by atoms with Crippen molar-refractivity contribution < 1.29 is 4.79 Å². The fraction of sp³-hybridized carbons (Fsp3) is 0.364. The highest BCUT2D eigenvalue weighted by Gasteiger charge is 2.32. The van der Waals surface area contributed by atoms with E-state index < -0.39 is 0 Å². The molecular formula is C11H11ClO. The Labute approximate surface area is 82.7 Å². The number of carbonyl (C=O) groups excluding carboxylic acids is 1. The fourth-order valence-corrected chi connectivity index (χ4v) is 1.81. The van der Waals surface area contributed by atoms with E-state index in [1.54, 1.807) is 6.07 Å². The molecule has 68 valence electrons. The molecule has 1 aliphatic rings. The lowest BCUT2D eigenvalue weighted by Crippen LogP contribution is -2.04. The van der Waals surface area contributed by atoms with E-state index in [0.717, 1.165) is 24.0 Å². The number of rotatable bonds is 2. The molecule has 0 unspecified atom stereocenters. The van der Waals surface area contributed by atoms with Gasteiger partial charge in [0.15, 0.2) is 5.78 Å². The third-order valence-corrected chi connectivity index (χ3v) is 2.73. The van der Waals surface area contributed by atoms with E-state index in [4.69, 9.17) is 11.6 Å². The highest BCUT2D eigenvalue weighted by atomic mass is 35.5. The second-order valence-electron chi connectivity index (χ2n) is 3.57. The molecule has 1 aromatic rings. The number of hydrogen-bond donors (Lipinski definition) is 0. The zero-order chi connectivity index (χ0) is 9.42. The summed E-state index contributed by atoms with van der Waals surface area (Å²) in [5, 5.41) is 0.594. The Morgan fingerprint density at radius 3 is 2.69 bits per heavy atom. The molecule has 0 heterocycles. The van der Waals surface area contributed by atoms with Crippen LogP contribution >= 0.6 is 11.6 Å². The minimum absolute atomic E-state index is 0.225. The molecule has 0 bridgehead atoms. The molecule has 1 saturated carbocycles. The molecule has 0 radical (unpaired) electrons. The predicted octanol–water partition coefficient (Wildman–Crippen LogP) is 3.24. The second kappa shape index (κ2) is 3.15. The third kappa shape index (κ3) is 1.61. The van der Waals surface area contributed by atoms with Crippen molar-refractivity contribution in [2.24, 2.45) is 5.92 Å². The third-order valence-electron chi connectivity index (χ3n) is 2.42. The lowest BCUT2D eigenvalue weighted by Gasteiger charge is -2.05. The predicted molar refractivity (Wildman–Crippen MR) is 53.2 cm³/mol. The summed E-state index contributed by atoms with van der Waals surface area (Å²) in [6, 6.07) is 5.59. The Morgan fingerprint density at radius 2 is 2.15 bits per heavy atom. The first-order valence-corrected chi connectivity index (χ1v) is 4.87. The normalized spacial score (nSPS) is 15.8. The molecule has 1 nitrogen and oxygen atoms in total. The van der Waals surface area contributed by atoms with Crippen LogP contribution in [0.3, 0.4) is 0 Å². The molecule has 2 heteroatoms. The van der Waals surface area contributed by atoms with Crippen LogP contribution in [0.15, 0.2) is 18.2 Å². The van der Waals surface area contributed by atoms with Gasteiger partial charge in [-0.3, -0.25) is 4.79 Å². The summed E-state index contributed by atoms with van der Waals surface area (Å²) in [5.74, 6) is 0.474. The van der Waals surface area contributed by atoms with Crippen LogP contribution in [-0.2, 0) is 0 Å². The monoisotopic (exact) mass is 194 g/mol. The van der Waals surface area contributed by atoms with E-state index >= 15 is 0 Å². The van der Waals surface area contributed by atoms with Gasteiger partial charge in [-0.15, -0.1) is 0 Å². The molecule has 0 N–H and O–H groups in total. The molecule has 1 aromatic carbocycles. The lowest BCUT2D eigenvalue weighted by molar-refractivity contribution is 0.0967. The SMILES string of the molecule is Cc1cccc(Cl)c1C(=O)C1CC1. The van der Waals surface area contributed by atoms with Gasteiger partial charge in [-0.2, -0.15) is 0 Å². The number of halogens is 1. The molecule has 1 aliphatic carbocycles. The van der Waals surface area contributed by atoms with E-state index in [9.17, 15) is 4.79 Å². The van der Waals surface area contributed by atoms with Gasteiger partial charge in [0.2, 0.25) is 0 Å². The average molecular weight is 195 g/mol. The Hall–Kier alpha value is -0.820. The zero-order valence-corrected chi connectivity index (χ0v) is 8.27. The lowest BCUT2D eigenvalue weighted by atomic mass is 10.0. The van der Waals surface area contributed by atoms with Crippen LogP contribution < -0.4 is 0 Å². The smallest absolute Gasteiger partial charge is 0.167 e. The molecule has 0 spiro atoms. The van der Waals surface area contributed by atoms with Gasteiger partial charge >= 0.3 is 0 Å². The quantitative estimate of drug-likeness (QED) is 0.661. The van der Waals surface area contributed by atoms with Crippen molar-refractivity contribution in [3.8, 4) is 0 Å². The molecule has 0 atom stereocenters. The molecule has 1 fully saturated rings. The van der Waals surface area contributed by atoms with Crippen molar-refractivity contribution in [2.45, 2.75) is 19.8 Å². The van der Waals surface area contributed by atoms with Gasteiger partial charge < -0.3 is 0 Å². The molecule has 2 rings (SSSR count). The minimum atomic E-state index is 0.225.